The van der Waals surface area contributed by atoms with Gasteiger partial charge in [-0.1, -0.05) is 18.2 Å². The minimum Gasteiger partial charge on any atom is -0.465 e. The number of rotatable bonds is 5. The molecule has 0 spiro atoms. The van der Waals surface area contributed by atoms with Gasteiger partial charge in [0.05, 0.1) is 17.6 Å². The van der Waals surface area contributed by atoms with E-state index in [0.29, 0.717) is 11.1 Å². The van der Waals surface area contributed by atoms with Crippen LogP contribution in [0.15, 0.2) is 47.4 Å². The van der Waals surface area contributed by atoms with Crippen LogP contribution in [-0.2, 0) is 21.3 Å². The number of hydrogen-bond acceptors (Lipinski definition) is 4. The van der Waals surface area contributed by atoms with Gasteiger partial charge in [-0.15, -0.1) is 0 Å². The van der Waals surface area contributed by atoms with Crippen molar-refractivity contribution in [1.29, 1.82) is 0 Å². The van der Waals surface area contributed by atoms with Crippen LogP contribution in [0.25, 0.3) is 0 Å². The number of ether oxygens (including phenoxy) is 1. The van der Waals surface area contributed by atoms with Gasteiger partial charge in [0.1, 0.15) is 5.82 Å². The third-order valence-electron chi connectivity index (χ3n) is 3.27. The first-order valence-electron chi connectivity index (χ1n) is 6.76. The highest BCUT2D eigenvalue weighted by Crippen LogP contribution is 2.14. The van der Waals surface area contributed by atoms with Crippen molar-refractivity contribution in [3.8, 4) is 0 Å². The van der Waals surface area contributed by atoms with Crippen LogP contribution in [0.5, 0.6) is 0 Å². The summed E-state index contributed by atoms with van der Waals surface area (Å²) in [5, 5.41) is 0. The van der Waals surface area contributed by atoms with Gasteiger partial charge in [0, 0.05) is 6.54 Å². The highest BCUT2D eigenvalue weighted by Gasteiger charge is 2.16. The molecule has 0 aliphatic heterocycles. The van der Waals surface area contributed by atoms with E-state index >= 15 is 0 Å². The van der Waals surface area contributed by atoms with Gasteiger partial charge in [-0.25, -0.2) is 22.3 Å². The van der Waals surface area contributed by atoms with E-state index in [4.69, 9.17) is 0 Å². The molecule has 0 amide bonds. The van der Waals surface area contributed by atoms with Gasteiger partial charge >= 0.3 is 5.97 Å². The number of carbonyl (C=O) groups excluding carboxylic acids is 1. The molecule has 0 fully saturated rings. The van der Waals surface area contributed by atoms with Crippen LogP contribution >= 0.6 is 0 Å². The number of esters is 1. The topological polar surface area (TPSA) is 72.5 Å². The maximum absolute atomic E-state index is 13.5. The molecule has 0 aliphatic carbocycles. The van der Waals surface area contributed by atoms with Crippen LogP contribution in [0.4, 0.5) is 4.39 Å². The molecule has 0 saturated heterocycles. The molecule has 0 aliphatic rings. The number of aryl methyl sites for hydroxylation is 1. The lowest BCUT2D eigenvalue weighted by molar-refractivity contribution is 0.0600. The summed E-state index contributed by atoms with van der Waals surface area (Å²) in [7, 11) is -2.61. The van der Waals surface area contributed by atoms with Crippen LogP contribution < -0.4 is 4.72 Å². The van der Waals surface area contributed by atoms with E-state index in [0.717, 1.165) is 0 Å². The van der Waals surface area contributed by atoms with Gasteiger partial charge in [-0.2, -0.15) is 0 Å². The van der Waals surface area contributed by atoms with Gasteiger partial charge < -0.3 is 4.74 Å². The fourth-order valence-electron chi connectivity index (χ4n) is 1.92. The highest BCUT2D eigenvalue weighted by atomic mass is 32.2. The van der Waals surface area contributed by atoms with Gasteiger partial charge in [-0.05, 0) is 42.3 Å². The smallest absolute Gasteiger partial charge is 0.337 e. The van der Waals surface area contributed by atoms with Gasteiger partial charge in [0.2, 0.25) is 10.0 Å². The van der Waals surface area contributed by atoms with E-state index in [-0.39, 0.29) is 17.0 Å². The number of halogens is 1. The van der Waals surface area contributed by atoms with Gasteiger partial charge in [0.15, 0.2) is 0 Å². The number of sulfonamides is 1. The molecule has 2 rings (SSSR count). The number of hydrogen-bond donors (Lipinski definition) is 1. The molecule has 1 N–H and O–H groups in total. The van der Waals surface area contributed by atoms with Crippen molar-refractivity contribution in [2.75, 3.05) is 7.11 Å². The number of carbonyl (C=O) groups is 1. The average molecular weight is 337 g/mol. The minimum atomic E-state index is -3.83. The molecule has 0 saturated carbocycles. The highest BCUT2D eigenvalue weighted by molar-refractivity contribution is 7.89. The summed E-state index contributed by atoms with van der Waals surface area (Å²) < 4.78 is 44.9. The fourth-order valence-corrected chi connectivity index (χ4v) is 2.98. The van der Waals surface area contributed by atoms with Crippen LogP contribution in [0.3, 0.4) is 0 Å². The summed E-state index contributed by atoms with van der Waals surface area (Å²) in [6, 6.07) is 10.0. The molecule has 7 heteroatoms. The molecule has 23 heavy (non-hydrogen) atoms. The Morgan fingerprint density at radius 1 is 1.22 bits per heavy atom. The molecule has 0 radical (unpaired) electrons. The Kier molecular flexibility index (Phi) is 5.12. The van der Waals surface area contributed by atoms with Gasteiger partial charge in [-0.3, -0.25) is 0 Å². The zero-order valence-corrected chi connectivity index (χ0v) is 13.5. The Labute approximate surface area is 134 Å². The van der Waals surface area contributed by atoms with Crippen LogP contribution in [0.1, 0.15) is 21.5 Å². The Hall–Kier alpha value is -2.25. The Morgan fingerprint density at radius 3 is 2.61 bits per heavy atom. The van der Waals surface area contributed by atoms with Crippen LogP contribution in [0, 0.1) is 12.7 Å². The predicted octanol–water partition coefficient (Wildman–Crippen LogP) is 2.40. The molecular weight excluding hydrogens is 321 g/mol. The molecule has 2 aromatic carbocycles. The number of methoxy groups -OCH3 is 1. The molecule has 2 aromatic rings. The van der Waals surface area contributed by atoms with Crippen LogP contribution in [0.2, 0.25) is 0 Å². The molecule has 122 valence electrons. The summed E-state index contributed by atoms with van der Waals surface area (Å²) in [6.45, 7) is 1.57. The summed E-state index contributed by atoms with van der Waals surface area (Å²) >= 11 is 0. The molecule has 0 bridgehead atoms. The van der Waals surface area contributed by atoms with Crippen molar-refractivity contribution in [3.63, 3.8) is 0 Å². The second-order valence-corrected chi connectivity index (χ2v) is 6.69. The van der Waals surface area contributed by atoms with Crippen LogP contribution in [-0.4, -0.2) is 21.5 Å². The Bertz CT molecular complexity index is 834. The third-order valence-corrected chi connectivity index (χ3v) is 4.67. The fraction of sp³-hybridized carbons (Fsp3) is 0.188. The van der Waals surface area contributed by atoms with Crippen molar-refractivity contribution in [2.24, 2.45) is 0 Å². The zero-order chi connectivity index (χ0) is 17.0. The molecule has 0 atom stereocenters. The van der Waals surface area contributed by atoms with E-state index < -0.39 is 21.8 Å². The van der Waals surface area contributed by atoms with Crippen molar-refractivity contribution in [3.05, 3.63) is 65.0 Å². The van der Waals surface area contributed by atoms with E-state index in [1.54, 1.807) is 19.1 Å². The summed E-state index contributed by atoms with van der Waals surface area (Å²) in [5.74, 6) is -1.02. The normalized spacial score (nSPS) is 11.3. The third kappa shape index (κ3) is 4.14. The summed E-state index contributed by atoms with van der Waals surface area (Å²) in [5.41, 5.74) is 1.12. The van der Waals surface area contributed by atoms with E-state index in [1.807, 2.05) is 0 Å². The quantitative estimate of drug-likeness (QED) is 0.851. The average Bonchev–Trinajstić information content (AvgIpc) is 2.55. The zero-order valence-electron chi connectivity index (χ0n) is 12.7. The largest absolute Gasteiger partial charge is 0.465 e. The summed E-state index contributed by atoms with van der Waals surface area (Å²) in [4.78, 5) is 11.4. The molecule has 0 unspecified atom stereocenters. The van der Waals surface area contributed by atoms with E-state index in [1.165, 1.54) is 37.4 Å². The maximum atomic E-state index is 13.5. The lowest BCUT2D eigenvalue weighted by Crippen LogP contribution is -2.23. The van der Waals surface area contributed by atoms with Crippen molar-refractivity contribution in [2.45, 2.75) is 18.4 Å². The van der Waals surface area contributed by atoms with Crippen molar-refractivity contribution < 1.29 is 22.3 Å². The number of benzene rings is 2. The first kappa shape index (κ1) is 17.1. The first-order valence-corrected chi connectivity index (χ1v) is 8.25. The van der Waals surface area contributed by atoms with E-state index in [9.17, 15) is 17.6 Å². The molecule has 5 nitrogen and oxygen atoms in total. The Morgan fingerprint density at radius 2 is 1.96 bits per heavy atom. The lowest BCUT2D eigenvalue weighted by atomic mass is 10.1. The second kappa shape index (κ2) is 6.89. The minimum absolute atomic E-state index is 0.0536. The molecule has 0 aromatic heterocycles. The van der Waals surface area contributed by atoms with Gasteiger partial charge in [0.25, 0.3) is 0 Å². The van der Waals surface area contributed by atoms with E-state index in [2.05, 4.69) is 9.46 Å². The Balaban J connectivity index is 2.18. The molecule has 0 heterocycles. The standard InChI is InChI=1S/C16H16FNO4S/c1-11-6-7-12(8-15(11)17)10-18-23(20,21)14-5-3-4-13(9-14)16(19)22-2/h3-9,18H,10H2,1-2H3. The lowest BCUT2D eigenvalue weighted by Gasteiger charge is -2.08. The molecular formula is C16H16FNO4S. The predicted molar refractivity (Wildman–Crippen MR) is 82.9 cm³/mol. The maximum Gasteiger partial charge on any atom is 0.337 e. The second-order valence-electron chi connectivity index (χ2n) is 4.93. The number of nitrogens with one attached hydrogen (secondary N) is 1. The summed E-state index contributed by atoms with van der Waals surface area (Å²) in [6.07, 6.45) is 0. The SMILES string of the molecule is COC(=O)c1cccc(S(=O)(=O)NCc2ccc(C)c(F)c2)c1. The van der Waals surface area contributed by atoms with Crippen molar-refractivity contribution >= 4 is 16.0 Å². The monoisotopic (exact) mass is 337 g/mol. The first-order chi connectivity index (χ1) is 10.8. The van der Waals surface area contributed by atoms with Crippen molar-refractivity contribution in [1.82, 2.24) is 4.72 Å².